The third-order valence-corrected chi connectivity index (χ3v) is 5.34. The van der Waals surface area contributed by atoms with E-state index < -0.39 is 0 Å². The molecule has 0 amide bonds. The molecule has 1 N–H and O–H groups in total. The van der Waals surface area contributed by atoms with Gasteiger partial charge in [-0.1, -0.05) is 35.5 Å². The molecule has 0 aliphatic heterocycles. The van der Waals surface area contributed by atoms with Gasteiger partial charge in [0.2, 0.25) is 0 Å². The molecular weight excluding hydrogens is 354 g/mol. The second-order valence-electron chi connectivity index (χ2n) is 7.04. The van der Waals surface area contributed by atoms with Gasteiger partial charge in [-0.2, -0.15) is 5.10 Å². The molecule has 1 aliphatic rings. The lowest BCUT2D eigenvalue weighted by Gasteiger charge is -2.21. The van der Waals surface area contributed by atoms with E-state index in [0.29, 0.717) is 12.4 Å². The highest BCUT2D eigenvalue weighted by Gasteiger charge is 2.23. The van der Waals surface area contributed by atoms with Crippen LogP contribution >= 0.6 is 0 Å². The average Bonchev–Trinajstić information content (AvgIpc) is 3.41. The maximum absolute atomic E-state index is 6.11. The molecule has 6 heteroatoms. The Morgan fingerprint density at radius 1 is 1.21 bits per heavy atom. The summed E-state index contributed by atoms with van der Waals surface area (Å²) in [6.45, 7) is 0.364. The SMILES string of the molecule is COc1ccc2ccccc2c1-c1cc(COC2CCCc3cn[nH]c32)on1. The summed E-state index contributed by atoms with van der Waals surface area (Å²) in [5.41, 5.74) is 4.01. The van der Waals surface area contributed by atoms with Gasteiger partial charge in [0.25, 0.3) is 0 Å². The van der Waals surface area contributed by atoms with Crippen LogP contribution in [0.3, 0.4) is 0 Å². The highest BCUT2D eigenvalue weighted by Crippen LogP contribution is 2.37. The second kappa shape index (κ2) is 7.13. The Labute approximate surface area is 162 Å². The minimum atomic E-state index is 0.0203. The van der Waals surface area contributed by atoms with Crippen LogP contribution in [0.4, 0.5) is 0 Å². The number of H-pyrrole nitrogens is 1. The summed E-state index contributed by atoms with van der Waals surface area (Å²) in [5.74, 6) is 1.46. The zero-order valence-corrected chi connectivity index (χ0v) is 15.6. The Balaban J connectivity index is 1.41. The largest absolute Gasteiger partial charge is 0.496 e. The van der Waals surface area contributed by atoms with E-state index in [2.05, 4.69) is 27.5 Å². The molecule has 1 atom stereocenters. The molecule has 2 aromatic heterocycles. The van der Waals surface area contributed by atoms with Crippen molar-refractivity contribution in [2.75, 3.05) is 7.11 Å². The number of aromatic amines is 1. The predicted octanol–water partition coefficient (Wildman–Crippen LogP) is 4.82. The Kier molecular flexibility index (Phi) is 4.33. The first kappa shape index (κ1) is 17.0. The number of fused-ring (bicyclic) bond motifs is 2. The fourth-order valence-corrected chi connectivity index (χ4v) is 3.96. The van der Waals surface area contributed by atoms with Crippen molar-refractivity contribution in [3.8, 4) is 17.0 Å². The van der Waals surface area contributed by atoms with Gasteiger partial charge < -0.3 is 14.0 Å². The van der Waals surface area contributed by atoms with Crippen LogP contribution in [0.15, 0.2) is 53.2 Å². The summed E-state index contributed by atoms with van der Waals surface area (Å²) < 4.78 is 17.3. The van der Waals surface area contributed by atoms with Gasteiger partial charge in [-0.3, -0.25) is 5.10 Å². The van der Waals surface area contributed by atoms with Crippen LogP contribution < -0.4 is 4.74 Å². The summed E-state index contributed by atoms with van der Waals surface area (Å²) in [6.07, 6.45) is 5.05. The van der Waals surface area contributed by atoms with Crippen LogP contribution in [0.2, 0.25) is 0 Å². The second-order valence-corrected chi connectivity index (χ2v) is 7.04. The van der Waals surface area contributed by atoms with Crippen molar-refractivity contribution in [2.24, 2.45) is 0 Å². The number of hydrogen-bond donors (Lipinski definition) is 1. The third kappa shape index (κ3) is 2.96. The Morgan fingerprint density at radius 3 is 3.07 bits per heavy atom. The number of methoxy groups -OCH3 is 1. The summed E-state index contributed by atoms with van der Waals surface area (Å²) in [6, 6.07) is 14.1. The molecule has 4 aromatic rings. The minimum Gasteiger partial charge on any atom is -0.496 e. The predicted molar refractivity (Wildman–Crippen MR) is 105 cm³/mol. The first-order valence-electron chi connectivity index (χ1n) is 9.49. The summed E-state index contributed by atoms with van der Waals surface area (Å²) in [4.78, 5) is 0. The third-order valence-electron chi connectivity index (χ3n) is 5.34. The van der Waals surface area contributed by atoms with E-state index in [4.69, 9.17) is 14.0 Å². The van der Waals surface area contributed by atoms with Crippen LogP contribution in [0.5, 0.6) is 5.75 Å². The Bertz CT molecular complexity index is 1120. The van der Waals surface area contributed by atoms with Gasteiger partial charge in [0.05, 0.1) is 30.7 Å². The van der Waals surface area contributed by atoms with Gasteiger partial charge in [-0.05, 0) is 41.7 Å². The lowest BCUT2D eigenvalue weighted by Crippen LogP contribution is -2.12. The van der Waals surface area contributed by atoms with Gasteiger partial charge in [0.15, 0.2) is 5.76 Å². The molecule has 0 saturated carbocycles. The lowest BCUT2D eigenvalue weighted by atomic mass is 9.96. The molecule has 28 heavy (non-hydrogen) atoms. The standard InChI is InChI=1S/C22H21N3O3/c1-26-19-10-9-14-5-2-3-7-17(14)21(19)18-11-16(28-25-18)13-27-20-8-4-6-15-12-23-24-22(15)20/h2-3,5,7,9-12,20H,4,6,8,13H2,1H3,(H,23,24). The molecule has 1 aliphatic carbocycles. The molecule has 0 fully saturated rings. The number of aryl methyl sites for hydroxylation is 1. The van der Waals surface area contributed by atoms with E-state index in [1.165, 1.54) is 5.56 Å². The van der Waals surface area contributed by atoms with Crippen molar-refractivity contribution in [1.82, 2.24) is 15.4 Å². The van der Waals surface area contributed by atoms with E-state index in [1.807, 2.05) is 36.5 Å². The van der Waals surface area contributed by atoms with Crippen LogP contribution in [-0.2, 0) is 17.8 Å². The van der Waals surface area contributed by atoms with Crippen molar-refractivity contribution < 1.29 is 14.0 Å². The first-order valence-corrected chi connectivity index (χ1v) is 9.49. The Hall–Kier alpha value is -3.12. The van der Waals surface area contributed by atoms with Crippen molar-refractivity contribution >= 4 is 10.8 Å². The van der Waals surface area contributed by atoms with E-state index in [9.17, 15) is 0 Å². The molecule has 6 nitrogen and oxygen atoms in total. The van der Waals surface area contributed by atoms with Crippen molar-refractivity contribution in [1.29, 1.82) is 0 Å². The van der Waals surface area contributed by atoms with E-state index in [-0.39, 0.29) is 6.10 Å². The molecule has 0 radical (unpaired) electrons. The number of aromatic nitrogens is 3. The minimum absolute atomic E-state index is 0.0203. The Morgan fingerprint density at radius 2 is 2.14 bits per heavy atom. The topological polar surface area (TPSA) is 73.2 Å². The van der Waals surface area contributed by atoms with Crippen molar-refractivity contribution in [3.05, 3.63) is 65.7 Å². The zero-order valence-electron chi connectivity index (χ0n) is 15.6. The van der Waals surface area contributed by atoms with Gasteiger partial charge >= 0.3 is 0 Å². The van der Waals surface area contributed by atoms with Crippen LogP contribution in [0, 0.1) is 0 Å². The highest BCUT2D eigenvalue weighted by atomic mass is 16.5. The van der Waals surface area contributed by atoms with Gasteiger partial charge in [-0.25, -0.2) is 0 Å². The van der Waals surface area contributed by atoms with Crippen LogP contribution in [0.1, 0.15) is 36.0 Å². The van der Waals surface area contributed by atoms with Crippen molar-refractivity contribution in [3.63, 3.8) is 0 Å². The fourth-order valence-electron chi connectivity index (χ4n) is 3.96. The molecule has 0 saturated heterocycles. The number of nitrogens with zero attached hydrogens (tertiary/aromatic N) is 2. The summed E-state index contributed by atoms with van der Waals surface area (Å²) >= 11 is 0. The lowest BCUT2D eigenvalue weighted by molar-refractivity contribution is 0.0143. The molecule has 1 unspecified atom stereocenters. The fraction of sp³-hybridized carbons (Fsp3) is 0.273. The monoisotopic (exact) mass is 375 g/mol. The number of ether oxygens (including phenoxy) is 2. The highest BCUT2D eigenvalue weighted by molar-refractivity contribution is 5.98. The van der Waals surface area contributed by atoms with Crippen LogP contribution in [-0.4, -0.2) is 22.5 Å². The van der Waals surface area contributed by atoms with Gasteiger partial charge in [-0.15, -0.1) is 0 Å². The van der Waals surface area contributed by atoms with E-state index in [1.54, 1.807) is 7.11 Å². The smallest absolute Gasteiger partial charge is 0.163 e. The maximum Gasteiger partial charge on any atom is 0.163 e. The maximum atomic E-state index is 6.11. The van der Waals surface area contributed by atoms with E-state index >= 15 is 0 Å². The van der Waals surface area contributed by atoms with Crippen LogP contribution in [0.25, 0.3) is 22.0 Å². The first-order chi connectivity index (χ1) is 13.8. The van der Waals surface area contributed by atoms with E-state index in [0.717, 1.165) is 52.7 Å². The number of benzene rings is 2. The molecular formula is C22H21N3O3. The normalized spacial score (nSPS) is 16.2. The molecule has 2 heterocycles. The molecule has 2 aromatic carbocycles. The molecule has 5 rings (SSSR count). The average molecular weight is 375 g/mol. The molecule has 0 bridgehead atoms. The van der Waals surface area contributed by atoms with Gasteiger partial charge in [0.1, 0.15) is 18.1 Å². The summed E-state index contributed by atoms with van der Waals surface area (Å²) in [5, 5.41) is 13.7. The van der Waals surface area contributed by atoms with Crippen molar-refractivity contribution in [2.45, 2.75) is 32.0 Å². The molecule has 142 valence electrons. The number of rotatable bonds is 5. The quantitative estimate of drug-likeness (QED) is 0.541. The van der Waals surface area contributed by atoms with Gasteiger partial charge in [0, 0.05) is 6.07 Å². The number of nitrogens with one attached hydrogen (secondary N) is 1. The summed E-state index contributed by atoms with van der Waals surface area (Å²) in [7, 11) is 1.67. The molecule has 0 spiro atoms. The number of hydrogen-bond acceptors (Lipinski definition) is 5. The zero-order chi connectivity index (χ0) is 18.9.